The fourth-order valence-corrected chi connectivity index (χ4v) is 7.48. The molecular formula is C41H50BrClFN13O10S. The summed E-state index contributed by atoms with van der Waals surface area (Å²) in [5.74, 6) is -0.538. The van der Waals surface area contributed by atoms with Crippen molar-refractivity contribution in [2.24, 2.45) is 12.8 Å². The van der Waals surface area contributed by atoms with Gasteiger partial charge in [0.05, 0.1) is 126 Å². The van der Waals surface area contributed by atoms with Crippen LogP contribution in [0.5, 0.6) is 5.88 Å². The second-order valence-electron chi connectivity index (χ2n) is 14.1. The molecule has 0 bridgehead atoms. The van der Waals surface area contributed by atoms with Crippen molar-refractivity contribution in [3.8, 4) is 5.88 Å². The number of nitrogens with zero attached hydrogens (tertiary/aromatic N) is 8. The van der Waals surface area contributed by atoms with Gasteiger partial charge in [-0.05, 0) is 63.9 Å². The number of rotatable bonds is 31. The number of aryl methyl sites for hydroxylation is 1. The van der Waals surface area contributed by atoms with Gasteiger partial charge in [0.25, 0.3) is 11.8 Å². The number of benzene rings is 2. The van der Waals surface area contributed by atoms with E-state index in [-0.39, 0.29) is 53.0 Å². The number of anilines is 6. The first-order valence-electron chi connectivity index (χ1n) is 20.9. The Hall–Kier alpha value is -5.68. The number of primary amides is 1. The van der Waals surface area contributed by atoms with Crippen LogP contribution in [0.4, 0.5) is 39.0 Å². The molecule has 2 aromatic carbocycles. The van der Waals surface area contributed by atoms with E-state index in [0.29, 0.717) is 111 Å². The molecule has 4 heterocycles. The summed E-state index contributed by atoms with van der Waals surface area (Å²) >= 11 is 9.44. The molecule has 0 fully saturated rings. The van der Waals surface area contributed by atoms with Crippen LogP contribution in [0.1, 0.15) is 10.4 Å². The van der Waals surface area contributed by atoms with E-state index >= 15 is 0 Å². The number of amides is 1. The molecule has 0 atom stereocenters. The Bertz CT molecular complexity index is 2690. The molecule has 0 aliphatic carbocycles. The maximum Gasteiger partial charge on any atom is 0.256 e. The van der Waals surface area contributed by atoms with Gasteiger partial charge in [0.15, 0.2) is 17.0 Å². The highest BCUT2D eigenvalue weighted by Crippen LogP contribution is 2.30. The van der Waals surface area contributed by atoms with E-state index in [1.807, 2.05) is 7.05 Å². The lowest BCUT2D eigenvalue weighted by Gasteiger charge is -2.13. The highest BCUT2D eigenvalue weighted by molar-refractivity contribution is 9.10. The Kier molecular flexibility index (Phi) is 19.9. The van der Waals surface area contributed by atoms with Crippen LogP contribution in [0.15, 0.2) is 70.6 Å². The number of nitrogens with one attached hydrogen (secondary N) is 4. The highest BCUT2D eigenvalue weighted by atomic mass is 79.9. The van der Waals surface area contributed by atoms with Gasteiger partial charge in [0.1, 0.15) is 17.3 Å². The first-order chi connectivity index (χ1) is 32.9. The molecule has 68 heavy (non-hydrogen) atoms. The summed E-state index contributed by atoms with van der Waals surface area (Å²) in [5, 5.41) is 13.6. The van der Waals surface area contributed by atoms with E-state index in [2.05, 4.69) is 66.6 Å². The zero-order valence-corrected chi connectivity index (χ0v) is 40.1. The number of methoxy groups -OCH3 is 1. The number of hydrogen-bond acceptors (Lipinski definition) is 19. The minimum absolute atomic E-state index is 0.0428. The van der Waals surface area contributed by atoms with Crippen LogP contribution in [0.25, 0.3) is 11.2 Å². The van der Waals surface area contributed by atoms with Crippen molar-refractivity contribution >= 4 is 89.3 Å². The van der Waals surface area contributed by atoms with Gasteiger partial charge >= 0.3 is 0 Å². The number of aromatic nitrogens is 8. The van der Waals surface area contributed by atoms with Crippen LogP contribution in [-0.4, -0.2) is 147 Å². The summed E-state index contributed by atoms with van der Waals surface area (Å²) in [5.41, 5.74) is 7.40. The first kappa shape index (κ1) is 51.7. The normalized spacial score (nSPS) is 11.6. The third-order valence-electron chi connectivity index (χ3n) is 9.25. The third-order valence-corrected chi connectivity index (χ3v) is 11.5. The van der Waals surface area contributed by atoms with Gasteiger partial charge in [-0.25, -0.2) is 27.5 Å². The van der Waals surface area contributed by atoms with E-state index in [1.54, 1.807) is 33.9 Å². The Morgan fingerprint density at radius 1 is 0.794 bits per heavy atom. The largest absolute Gasteiger partial charge is 0.478 e. The summed E-state index contributed by atoms with van der Waals surface area (Å²) in [7, 11) is -0.464. The van der Waals surface area contributed by atoms with Crippen molar-refractivity contribution in [3.05, 3.63) is 82.3 Å². The number of sulfonamides is 1. The SMILES string of the molecule is COc1nn(CCOCCOCCOCCOCCOCCOCCNS(=O)(=O)c2ccc(Nc3ncc(Br)c(Nc4cccc(F)c4C(N)=O)n3)cc2)cc1Nc1nc(Cl)nc2c1ncn2C. The zero-order valence-electron chi connectivity index (χ0n) is 37.0. The van der Waals surface area contributed by atoms with Crippen LogP contribution >= 0.6 is 27.5 Å². The fraction of sp³-hybridized carbons (Fsp3) is 0.390. The van der Waals surface area contributed by atoms with Crippen molar-refractivity contribution in [2.45, 2.75) is 11.4 Å². The quantitative estimate of drug-likeness (QED) is 0.0299. The lowest BCUT2D eigenvalue weighted by Crippen LogP contribution is -2.27. The fourth-order valence-electron chi connectivity index (χ4n) is 6.01. The van der Waals surface area contributed by atoms with Crippen molar-refractivity contribution in [2.75, 3.05) is 109 Å². The number of imidazole rings is 1. The standard InChI is InChI=1S/C41H50BrClFN13O10S/c1-56-26-47-34-37(52-40(43)54-38(34)56)51-32-25-57(55-39(32)61-2)11-13-63-15-17-65-19-21-67-23-22-66-20-18-64-16-14-62-12-10-48-68(59,60)28-8-6-27(7-9-28)49-41-46-24-29(42)36(53-41)50-31-5-3-4-30(44)33(31)35(45)58/h3-9,24-26,48H,10-23H2,1-2H3,(H2,45,58)(H,51,52,54)(H2,46,49,50,53). The molecule has 6 aromatic rings. The number of nitrogens with two attached hydrogens (primary N) is 1. The number of carbonyl (C=O) groups excluding carboxylic acids is 1. The number of fused-ring (bicyclic) bond motifs is 1. The molecule has 27 heteroatoms. The van der Waals surface area contributed by atoms with E-state index in [9.17, 15) is 17.6 Å². The molecule has 0 aliphatic heterocycles. The molecule has 1 amide bonds. The Morgan fingerprint density at radius 2 is 1.41 bits per heavy atom. The maximum atomic E-state index is 14.2. The maximum absolute atomic E-state index is 14.2. The molecule has 0 saturated carbocycles. The molecule has 23 nitrogen and oxygen atoms in total. The molecule has 0 saturated heterocycles. The van der Waals surface area contributed by atoms with Gasteiger partial charge in [-0.3, -0.25) is 9.48 Å². The predicted molar refractivity (Wildman–Crippen MR) is 251 cm³/mol. The number of carbonyl (C=O) groups is 1. The van der Waals surface area contributed by atoms with Gasteiger partial charge in [0, 0.05) is 25.5 Å². The lowest BCUT2D eigenvalue weighted by atomic mass is 10.1. The first-order valence-corrected chi connectivity index (χ1v) is 23.5. The van der Waals surface area contributed by atoms with Crippen LogP contribution in [0.3, 0.4) is 0 Å². The van der Waals surface area contributed by atoms with E-state index in [0.717, 1.165) is 6.07 Å². The Balaban J connectivity index is 0.732. The number of hydrogen-bond donors (Lipinski definition) is 5. The molecule has 0 unspecified atom stereocenters. The minimum Gasteiger partial charge on any atom is -0.478 e. The zero-order chi connectivity index (χ0) is 48.3. The summed E-state index contributed by atoms with van der Waals surface area (Å²) in [6.45, 7) is 4.87. The molecule has 0 spiro atoms. The molecule has 6 rings (SSSR count). The second kappa shape index (κ2) is 26.2. The van der Waals surface area contributed by atoms with E-state index in [1.165, 1.54) is 37.6 Å². The average Bonchev–Trinajstić information content (AvgIpc) is 3.89. The number of ether oxygens (including phenoxy) is 7. The molecular weight excluding hydrogens is 1000 g/mol. The molecule has 6 N–H and O–H groups in total. The highest BCUT2D eigenvalue weighted by Gasteiger charge is 2.18. The molecule has 366 valence electrons. The van der Waals surface area contributed by atoms with Gasteiger partial charge in [-0.2, -0.15) is 15.0 Å². The van der Waals surface area contributed by atoms with Crippen molar-refractivity contribution in [3.63, 3.8) is 0 Å². The molecule has 0 aliphatic rings. The lowest BCUT2D eigenvalue weighted by molar-refractivity contribution is -0.0168. The molecule has 0 radical (unpaired) electrons. The summed E-state index contributed by atoms with van der Waals surface area (Å²) in [4.78, 5) is 33.2. The summed E-state index contributed by atoms with van der Waals surface area (Å²) < 4.78 is 84.9. The summed E-state index contributed by atoms with van der Waals surface area (Å²) in [6, 6.07) is 9.97. The van der Waals surface area contributed by atoms with E-state index in [4.69, 9.17) is 50.5 Å². The Morgan fingerprint density at radius 3 is 2.04 bits per heavy atom. The summed E-state index contributed by atoms with van der Waals surface area (Å²) in [6.07, 6.45) is 4.86. The second-order valence-corrected chi connectivity index (χ2v) is 17.0. The number of halogens is 3. The average molecular weight is 1050 g/mol. The van der Waals surface area contributed by atoms with Crippen molar-refractivity contribution in [1.29, 1.82) is 0 Å². The van der Waals surface area contributed by atoms with Gasteiger partial charge in [-0.15, -0.1) is 5.10 Å². The minimum atomic E-state index is -3.81. The van der Waals surface area contributed by atoms with Crippen molar-refractivity contribution < 1.29 is 50.8 Å². The predicted octanol–water partition coefficient (Wildman–Crippen LogP) is 4.32. The monoisotopic (exact) mass is 1050 g/mol. The third kappa shape index (κ3) is 15.4. The Labute approximate surface area is 403 Å². The van der Waals surface area contributed by atoms with E-state index < -0.39 is 21.7 Å². The van der Waals surface area contributed by atoms with Gasteiger partial charge < -0.3 is 59.4 Å². The van der Waals surface area contributed by atoms with Crippen LogP contribution in [-0.2, 0) is 52.0 Å². The topological polar surface area (TPSA) is 277 Å². The smallest absolute Gasteiger partial charge is 0.256 e. The molecule has 4 aromatic heterocycles. The van der Waals surface area contributed by atoms with Gasteiger partial charge in [0.2, 0.25) is 21.3 Å². The van der Waals surface area contributed by atoms with Gasteiger partial charge in [-0.1, -0.05) is 6.07 Å². The van der Waals surface area contributed by atoms with Crippen LogP contribution < -0.4 is 31.1 Å². The van der Waals surface area contributed by atoms with Crippen molar-refractivity contribution in [1.82, 2.24) is 44.0 Å². The van der Waals surface area contributed by atoms with Crippen LogP contribution in [0, 0.1) is 5.82 Å². The van der Waals surface area contributed by atoms with Crippen LogP contribution in [0.2, 0.25) is 5.28 Å².